The summed E-state index contributed by atoms with van der Waals surface area (Å²) in [5, 5.41) is 0. The molecule has 1 rings (SSSR count). The molecule has 1 heteroatoms. The van der Waals surface area contributed by atoms with Gasteiger partial charge in [0.1, 0.15) is 0 Å². The van der Waals surface area contributed by atoms with Crippen LogP contribution in [0.3, 0.4) is 0 Å². The zero-order valence-electron chi connectivity index (χ0n) is 11.3. The number of aliphatic imine (C=N–C) groups is 1. The Morgan fingerprint density at radius 2 is 1.94 bits per heavy atom. The molecule has 0 amide bonds. The number of hydrogen-bond donors (Lipinski definition) is 0. The van der Waals surface area contributed by atoms with Gasteiger partial charge in [0.15, 0.2) is 0 Å². The number of rotatable bonds is 7. The normalized spacial score (nSPS) is 20.4. The van der Waals surface area contributed by atoms with Crippen molar-refractivity contribution in [3.05, 3.63) is 0 Å². The maximum absolute atomic E-state index is 4.15. The second-order valence-corrected chi connectivity index (χ2v) is 5.36. The topological polar surface area (TPSA) is 12.4 Å². The van der Waals surface area contributed by atoms with E-state index in [4.69, 9.17) is 0 Å². The largest absolute Gasteiger partial charge is 0.301 e. The third kappa shape index (κ3) is 5.67. The lowest BCUT2D eigenvalue weighted by molar-refractivity contribution is 0.326. The molecule has 0 bridgehead atoms. The quantitative estimate of drug-likeness (QED) is 0.432. The Morgan fingerprint density at radius 1 is 1.19 bits per heavy atom. The molecule has 0 spiro atoms. The minimum atomic E-state index is 0.733. The van der Waals surface area contributed by atoms with Crippen LogP contribution in [-0.2, 0) is 0 Å². The fraction of sp³-hybridized carbons (Fsp3) is 0.933. The van der Waals surface area contributed by atoms with Crippen LogP contribution in [0.2, 0.25) is 0 Å². The van der Waals surface area contributed by atoms with Crippen molar-refractivity contribution in [1.82, 2.24) is 0 Å². The van der Waals surface area contributed by atoms with E-state index in [9.17, 15) is 0 Å². The summed E-state index contributed by atoms with van der Waals surface area (Å²) in [6.07, 6.45) is 16.6. The first-order valence-corrected chi connectivity index (χ1v) is 7.29. The summed E-state index contributed by atoms with van der Waals surface area (Å²) >= 11 is 0. The van der Waals surface area contributed by atoms with Gasteiger partial charge in [-0.05, 0) is 24.7 Å². The minimum absolute atomic E-state index is 0.733. The lowest BCUT2D eigenvalue weighted by Gasteiger charge is -2.21. The first-order valence-electron chi connectivity index (χ1n) is 7.29. The summed E-state index contributed by atoms with van der Waals surface area (Å²) in [6, 6.07) is 0. The van der Waals surface area contributed by atoms with Gasteiger partial charge in [-0.2, -0.15) is 0 Å². The van der Waals surface area contributed by atoms with E-state index in [2.05, 4.69) is 18.1 Å². The van der Waals surface area contributed by atoms with E-state index >= 15 is 0 Å². The highest BCUT2D eigenvalue weighted by molar-refractivity contribution is 5.60. The van der Waals surface area contributed by atoms with Gasteiger partial charge in [-0.25, -0.2) is 0 Å². The number of nitrogens with zero attached hydrogens (tertiary/aromatic N) is 1. The molecule has 1 aliphatic rings. The molecule has 0 aromatic rings. The monoisotopic (exact) mass is 223 g/mol. The van der Waals surface area contributed by atoms with E-state index in [-0.39, 0.29) is 0 Å². The van der Waals surface area contributed by atoms with E-state index in [0.717, 1.165) is 11.8 Å². The van der Waals surface area contributed by atoms with Crippen molar-refractivity contribution < 1.29 is 0 Å². The molecule has 1 nitrogen and oxygen atoms in total. The maximum atomic E-state index is 4.15. The van der Waals surface area contributed by atoms with Crippen LogP contribution in [0.4, 0.5) is 0 Å². The highest BCUT2D eigenvalue weighted by atomic mass is 14.6. The molecule has 0 aromatic carbocycles. The summed E-state index contributed by atoms with van der Waals surface area (Å²) < 4.78 is 0. The minimum Gasteiger partial charge on any atom is -0.301 e. The summed E-state index contributed by atoms with van der Waals surface area (Å²) in [5.74, 6) is 1.80. The van der Waals surface area contributed by atoms with Crippen LogP contribution in [0.15, 0.2) is 4.99 Å². The van der Waals surface area contributed by atoms with Crippen molar-refractivity contribution >= 4 is 6.21 Å². The Labute approximate surface area is 102 Å². The van der Waals surface area contributed by atoms with Crippen LogP contribution in [0.25, 0.3) is 0 Å². The summed E-state index contributed by atoms with van der Waals surface area (Å²) in [4.78, 5) is 4.15. The molecule has 1 atom stereocenters. The van der Waals surface area contributed by atoms with Crippen molar-refractivity contribution in [1.29, 1.82) is 0 Å². The molecule has 94 valence electrons. The van der Waals surface area contributed by atoms with E-state index < -0.39 is 0 Å². The van der Waals surface area contributed by atoms with Gasteiger partial charge in [0.25, 0.3) is 0 Å². The Kier molecular flexibility index (Phi) is 7.54. The SMILES string of the molecule is CC[C@H](C=NC)CCCCC1CCCCC1. The van der Waals surface area contributed by atoms with E-state index in [1.54, 1.807) is 0 Å². The van der Waals surface area contributed by atoms with Crippen LogP contribution in [0, 0.1) is 11.8 Å². The van der Waals surface area contributed by atoms with Crippen LogP contribution >= 0.6 is 0 Å². The average molecular weight is 223 g/mol. The Balaban J connectivity index is 2.01. The second kappa shape index (κ2) is 8.78. The predicted octanol–water partition coefficient (Wildman–Crippen LogP) is 4.85. The fourth-order valence-corrected chi connectivity index (χ4v) is 2.91. The lowest BCUT2D eigenvalue weighted by Crippen LogP contribution is -2.06. The molecule has 1 fully saturated rings. The molecular formula is C15H29N. The zero-order valence-corrected chi connectivity index (χ0v) is 11.3. The van der Waals surface area contributed by atoms with Gasteiger partial charge in [-0.15, -0.1) is 0 Å². The average Bonchev–Trinajstić information content (AvgIpc) is 2.34. The highest BCUT2D eigenvalue weighted by Gasteiger charge is 2.12. The van der Waals surface area contributed by atoms with Gasteiger partial charge in [-0.1, -0.05) is 58.3 Å². The van der Waals surface area contributed by atoms with Crippen LogP contribution in [0.5, 0.6) is 0 Å². The third-order valence-electron chi connectivity index (χ3n) is 4.05. The Bertz CT molecular complexity index is 180. The van der Waals surface area contributed by atoms with Gasteiger partial charge in [0.05, 0.1) is 0 Å². The summed E-state index contributed by atoms with van der Waals surface area (Å²) in [6.45, 7) is 2.27. The zero-order chi connectivity index (χ0) is 11.6. The molecule has 0 heterocycles. The van der Waals surface area contributed by atoms with Crippen molar-refractivity contribution in [3.8, 4) is 0 Å². The van der Waals surface area contributed by atoms with Gasteiger partial charge >= 0.3 is 0 Å². The predicted molar refractivity (Wildman–Crippen MR) is 73.2 cm³/mol. The van der Waals surface area contributed by atoms with Crippen LogP contribution < -0.4 is 0 Å². The molecule has 0 unspecified atom stereocenters. The smallest absolute Gasteiger partial charge is 0.0273 e. The summed E-state index contributed by atoms with van der Waals surface area (Å²) in [5.41, 5.74) is 0. The van der Waals surface area contributed by atoms with Crippen molar-refractivity contribution in [2.75, 3.05) is 7.05 Å². The van der Waals surface area contributed by atoms with Crippen LogP contribution in [-0.4, -0.2) is 13.3 Å². The second-order valence-electron chi connectivity index (χ2n) is 5.36. The fourth-order valence-electron chi connectivity index (χ4n) is 2.91. The van der Waals surface area contributed by atoms with Crippen molar-refractivity contribution in [2.45, 2.75) is 71.1 Å². The van der Waals surface area contributed by atoms with E-state index in [0.29, 0.717) is 0 Å². The molecule has 16 heavy (non-hydrogen) atoms. The molecule has 0 N–H and O–H groups in total. The van der Waals surface area contributed by atoms with E-state index in [1.807, 2.05) is 7.05 Å². The molecule has 1 saturated carbocycles. The number of hydrogen-bond acceptors (Lipinski definition) is 1. The standard InChI is InChI=1S/C15H29N/c1-3-14(13-16-2)9-7-8-12-15-10-5-4-6-11-15/h13-15H,3-12H2,1-2H3/t14-/m0/s1. The molecule has 0 aromatic heterocycles. The van der Waals surface area contributed by atoms with E-state index in [1.165, 1.54) is 64.2 Å². The first-order chi connectivity index (χ1) is 7.86. The maximum Gasteiger partial charge on any atom is 0.0273 e. The first kappa shape index (κ1) is 13.7. The van der Waals surface area contributed by atoms with Crippen molar-refractivity contribution in [3.63, 3.8) is 0 Å². The lowest BCUT2D eigenvalue weighted by atomic mass is 9.85. The van der Waals surface area contributed by atoms with Crippen LogP contribution in [0.1, 0.15) is 71.1 Å². The van der Waals surface area contributed by atoms with Gasteiger partial charge in [0, 0.05) is 13.3 Å². The Hall–Kier alpha value is -0.330. The molecule has 0 radical (unpaired) electrons. The summed E-state index contributed by atoms with van der Waals surface area (Å²) in [7, 11) is 1.89. The molecule has 0 saturated heterocycles. The van der Waals surface area contributed by atoms with Gasteiger partial charge in [-0.3, -0.25) is 0 Å². The molecular weight excluding hydrogens is 194 g/mol. The van der Waals surface area contributed by atoms with Gasteiger partial charge < -0.3 is 4.99 Å². The third-order valence-corrected chi connectivity index (χ3v) is 4.05. The Morgan fingerprint density at radius 3 is 2.56 bits per heavy atom. The molecule has 0 aliphatic heterocycles. The van der Waals surface area contributed by atoms with Crippen molar-refractivity contribution in [2.24, 2.45) is 16.8 Å². The number of unbranched alkanes of at least 4 members (excludes halogenated alkanes) is 1. The van der Waals surface area contributed by atoms with Gasteiger partial charge in [0.2, 0.25) is 0 Å². The molecule has 1 aliphatic carbocycles. The highest BCUT2D eigenvalue weighted by Crippen LogP contribution is 2.28.